The summed E-state index contributed by atoms with van der Waals surface area (Å²) in [6, 6.07) is 9.27. The minimum absolute atomic E-state index is 0.0862. The Morgan fingerprint density at radius 1 is 1.20 bits per heavy atom. The van der Waals surface area contributed by atoms with E-state index in [0.29, 0.717) is 22.7 Å². The zero-order valence-electron chi connectivity index (χ0n) is 13.5. The van der Waals surface area contributed by atoms with E-state index in [-0.39, 0.29) is 5.25 Å². The monoisotopic (exact) mass is 354 g/mol. The maximum absolute atomic E-state index is 5.79. The van der Waals surface area contributed by atoms with E-state index in [1.807, 2.05) is 31.2 Å². The van der Waals surface area contributed by atoms with Crippen LogP contribution < -0.4 is 4.74 Å². The molecule has 126 valence electrons. The van der Waals surface area contributed by atoms with Crippen LogP contribution in [0.15, 0.2) is 52.3 Å². The first-order valence-electron chi connectivity index (χ1n) is 7.55. The highest BCUT2D eigenvalue weighted by atomic mass is 32.2. The minimum atomic E-state index is -0.0862. The van der Waals surface area contributed by atoms with Crippen molar-refractivity contribution in [2.24, 2.45) is 0 Å². The van der Waals surface area contributed by atoms with E-state index in [1.54, 1.807) is 30.1 Å². The Hall–Kier alpha value is -2.94. The second-order valence-corrected chi connectivity index (χ2v) is 6.50. The first kappa shape index (κ1) is 15.6. The second kappa shape index (κ2) is 6.52. The average Bonchev–Trinajstić information content (AvgIpc) is 3.28. The fourth-order valence-electron chi connectivity index (χ4n) is 2.22. The van der Waals surface area contributed by atoms with Crippen LogP contribution in [0.3, 0.4) is 0 Å². The summed E-state index contributed by atoms with van der Waals surface area (Å²) < 4.78 is 12.6. The van der Waals surface area contributed by atoms with Crippen LogP contribution in [-0.2, 0) is 0 Å². The van der Waals surface area contributed by atoms with Crippen molar-refractivity contribution in [3.8, 4) is 17.2 Å². The van der Waals surface area contributed by atoms with Gasteiger partial charge in [0.05, 0.1) is 12.4 Å². The van der Waals surface area contributed by atoms with Gasteiger partial charge in [-0.05, 0) is 37.3 Å². The SMILES string of the molecule is COc1ccc(-c2nnc(C(C)Sc3nc4ncccn4n3)o2)cc1. The molecule has 0 bridgehead atoms. The summed E-state index contributed by atoms with van der Waals surface area (Å²) in [7, 11) is 1.63. The molecule has 0 saturated heterocycles. The summed E-state index contributed by atoms with van der Waals surface area (Å²) in [6.45, 7) is 1.97. The van der Waals surface area contributed by atoms with Gasteiger partial charge in [0.2, 0.25) is 16.9 Å². The van der Waals surface area contributed by atoms with Crippen molar-refractivity contribution < 1.29 is 9.15 Å². The van der Waals surface area contributed by atoms with Gasteiger partial charge in [-0.25, -0.2) is 9.50 Å². The van der Waals surface area contributed by atoms with Crippen LogP contribution in [0.2, 0.25) is 0 Å². The predicted molar refractivity (Wildman–Crippen MR) is 91.3 cm³/mol. The fourth-order valence-corrected chi connectivity index (χ4v) is 3.00. The number of hydrogen-bond acceptors (Lipinski definition) is 8. The van der Waals surface area contributed by atoms with E-state index >= 15 is 0 Å². The van der Waals surface area contributed by atoms with Crippen molar-refractivity contribution in [2.75, 3.05) is 7.11 Å². The Morgan fingerprint density at radius 3 is 2.80 bits per heavy atom. The number of fused-ring (bicyclic) bond motifs is 1. The van der Waals surface area contributed by atoms with Gasteiger partial charge in [0.25, 0.3) is 5.78 Å². The standard InChI is InChI=1S/C16H14N6O2S/c1-10(25-16-18-15-17-8-3-9-22(15)21-16)13-19-20-14(24-13)11-4-6-12(23-2)7-5-11/h3-10H,1-2H3. The third-order valence-electron chi connectivity index (χ3n) is 3.50. The van der Waals surface area contributed by atoms with Crippen LogP contribution in [0.4, 0.5) is 0 Å². The van der Waals surface area contributed by atoms with Crippen molar-refractivity contribution in [3.05, 3.63) is 48.6 Å². The molecule has 3 heterocycles. The van der Waals surface area contributed by atoms with E-state index < -0.39 is 0 Å². The van der Waals surface area contributed by atoms with Crippen LogP contribution in [0, 0.1) is 0 Å². The van der Waals surface area contributed by atoms with Gasteiger partial charge in [0.1, 0.15) is 5.75 Å². The lowest BCUT2D eigenvalue weighted by Gasteiger charge is -2.02. The maximum Gasteiger partial charge on any atom is 0.253 e. The number of hydrogen-bond donors (Lipinski definition) is 0. The molecule has 1 atom stereocenters. The molecule has 0 amide bonds. The third-order valence-corrected chi connectivity index (χ3v) is 4.44. The smallest absolute Gasteiger partial charge is 0.253 e. The first-order chi connectivity index (χ1) is 12.2. The normalized spacial score (nSPS) is 12.4. The van der Waals surface area contributed by atoms with Crippen molar-refractivity contribution in [1.82, 2.24) is 29.8 Å². The summed E-state index contributed by atoms with van der Waals surface area (Å²) in [5.74, 6) is 2.32. The number of benzene rings is 1. The molecule has 0 spiro atoms. The Morgan fingerprint density at radius 2 is 2.04 bits per heavy atom. The number of aromatic nitrogens is 6. The number of rotatable bonds is 5. The number of ether oxygens (including phenoxy) is 1. The molecule has 0 aliphatic heterocycles. The van der Waals surface area contributed by atoms with Gasteiger partial charge in [-0.15, -0.1) is 15.3 Å². The molecule has 3 aromatic heterocycles. The summed E-state index contributed by atoms with van der Waals surface area (Å²) in [5, 5.41) is 13.1. The Bertz CT molecular complexity index is 964. The highest BCUT2D eigenvalue weighted by Crippen LogP contribution is 2.33. The second-order valence-electron chi connectivity index (χ2n) is 5.19. The summed E-state index contributed by atoms with van der Waals surface area (Å²) in [4.78, 5) is 8.52. The van der Waals surface area contributed by atoms with Crippen LogP contribution >= 0.6 is 11.8 Å². The zero-order chi connectivity index (χ0) is 17.2. The molecule has 1 unspecified atom stereocenters. The van der Waals surface area contributed by atoms with Crippen LogP contribution in [0.25, 0.3) is 17.2 Å². The van der Waals surface area contributed by atoms with Crippen LogP contribution in [0.5, 0.6) is 5.75 Å². The van der Waals surface area contributed by atoms with Crippen molar-refractivity contribution in [2.45, 2.75) is 17.3 Å². The van der Waals surface area contributed by atoms with E-state index in [0.717, 1.165) is 11.3 Å². The Kier molecular flexibility index (Phi) is 4.06. The third kappa shape index (κ3) is 3.18. The van der Waals surface area contributed by atoms with E-state index in [4.69, 9.17) is 9.15 Å². The molecule has 0 aliphatic rings. The molecule has 4 rings (SSSR count). The zero-order valence-corrected chi connectivity index (χ0v) is 14.3. The van der Waals surface area contributed by atoms with Gasteiger partial charge in [-0.1, -0.05) is 11.8 Å². The predicted octanol–water partition coefficient (Wildman–Crippen LogP) is 3.04. The van der Waals surface area contributed by atoms with Gasteiger partial charge < -0.3 is 9.15 Å². The van der Waals surface area contributed by atoms with Crippen molar-refractivity contribution in [1.29, 1.82) is 0 Å². The quantitative estimate of drug-likeness (QED) is 0.505. The Labute approximate surface area is 147 Å². The summed E-state index contributed by atoms with van der Waals surface area (Å²) in [6.07, 6.45) is 3.49. The van der Waals surface area contributed by atoms with Crippen LogP contribution in [0.1, 0.15) is 18.1 Å². The molecular formula is C16H14N6O2S. The van der Waals surface area contributed by atoms with Crippen LogP contribution in [-0.4, -0.2) is 36.9 Å². The molecule has 25 heavy (non-hydrogen) atoms. The van der Waals surface area contributed by atoms with E-state index in [9.17, 15) is 0 Å². The van der Waals surface area contributed by atoms with Gasteiger partial charge in [-0.2, -0.15) is 4.98 Å². The molecule has 0 radical (unpaired) electrons. The van der Waals surface area contributed by atoms with Crippen molar-refractivity contribution in [3.63, 3.8) is 0 Å². The topological polar surface area (TPSA) is 91.2 Å². The average molecular weight is 354 g/mol. The highest BCUT2D eigenvalue weighted by Gasteiger charge is 2.18. The summed E-state index contributed by atoms with van der Waals surface area (Å²) >= 11 is 1.44. The lowest BCUT2D eigenvalue weighted by Crippen LogP contribution is -1.90. The molecule has 0 aliphatic carbocycles. The summed E-state index contributed by atoms with van der Waals surface area (Å²) in [5.41, 5.74) is 0.840. The maximum atomic E-state index is 5.79. The Balaban J connectivity index is 1.52. The fraction of sp³-hybridized carbons (Fsp3) is 0.188. The molecule has 8 nitrogen and oxygen atoms in total. The molecule has 0 saturated carbocycles. The van der Waals surface area contributed by atoms with E-state index in [1.165, 1.54) is 11.8 Å². The minimum Gasteiger partial charge on any atom is -0.497 e. The molecule has 9 heteroatoms. The molecule has 0 fully saturated rings. The molecule has 4 aromatic rings. The largest absolute Gasteiger partial charge is 0.497 e. The van der Waals surface area contributed by atoms with Gasteiger partial charge in [-0.3, -0.25) is 0 Å². The highest BCUT2D eigenvalue weighted by molar-refractivity contribution is 7.99. The van der Waals surface area contributed by atoms with Gasteiger partial charge in [0, 0.05) is 18.0 Å². The molecule has 1 aromatic carbocycles. The number of nitrogens with zero attached hydrogens (tertiary/aromatic N) is 6. The first-order valence-corrected chi connectivity index (χ1v) is 8.43. The molecule has 0 N–H and O–H groups in total. The number of thioether (sulfide) groups is 1. The lowest BCUT2D eigenvalue weighted by molar-refractivity contribution is 0.415. The van der Waals surface area contributed by atoms with Crippen molar-refractivity contribution >= 4 is 17.5 Å². The van der Waals surface area contributed by atoms with Gasteiger partial charge >= 0.3 is 0 Å². The van der Waals surface area contributed by atoms with E-state index in [2.05, 4.69) is 25.3 Å². The van der Waals surface area contributed by atoms with Gasteiger partial charge in [0.15, 0.2) is 0 Å². The lowest BCUT2D eigenvalue weighted by atomic mass is 10.2. The number of methoxy groups -OCH3 is 1. The molecular weight excluding hydrogens is 340 g/mol.